The molecule has 0 bridgehead atoms. The van der Waals surface area contributed by atoms with Gasteiger partial charge >= 0.3 is 11.9 Å². The Morgan fingerprint density at radius 3 is 2.15 bits per heavy atom. The lowest BCUT2D eigenvalue weighted by molar-refractivity contribution is 0.0514. The second kappa shape index (κ2) is 13.5. The zero-order valence-corrected chi connectivity index (χ0v) is 20.1. The number of halogens is 3. The van der Waals surface area contributed by atoms with Crippen molar-refractivity contribution in [2.45, 2.75) is 18.7 Å². The van der Waals surface area contributed by atoms with Gasteiger partial charge in [0, 0.05) is 4.90 Å². The Kier molecular flexibility index (Phi) is 10.7. The maximum Gasteiger partial charge on any atom is 0.343 e. The largest absolute Gasteiger partial charge is 0.462 e. The van der Waals surface area contributed by atoms with E-state index < -0.39 is 23.6 Å². The predicted octanol–water partition coefficient (Wildman–Crippen LogP) is 5.96. The number of ether oxygens (including phenoxy) is 3. The number of hydrogen-bond acceptors (Lipinski definition) is 8. The summed E-state index contributed by atoms with van der Waals surface area (Å²) in [6, 6.07) is 9.35. The molecule has 1 aromatic carbocycles. The highest BCUT2D eigenvalue weighted by molar-refractivity contribution is 7.98. The second-order valence-corrected chi connectivity index (χ2v) is 7.46. The number of nitrogens with zero attached hydrogens (tertiary/aromatic N) is 2. The fraction of sp³-hybridized carbons (Fsp3) is 0.217. The van der Waals surface area contributed by atoms with Gasteiger partial charge in [0.2, 0.25) is 5.88 Å². The molecule has 0 amide bonds. The molecule has 11 heteroatoms. The van der Waals surface area contributed by atoms with Gasteiger partial charge in [-0.05, 0) is 50.4 Å². The van der Waals surface area contributed by atoms with Gasteiger partial charge in [-0.2, -0.15) is 0 Å². The molecule has 0 radical (unpaired) electrons. The standard InChI is InChI=1S/C15H14FNO3S.C8H7ClFNO2/c1-3-19-15(18)13-7-10(16)9-17-14(13)20-11-5-4-6-12(8-11)21-2;1-2-13-8(12)6-3-5(10)4-11-7(6)9/h4-9H,3H2,1-2H3;3-4H,2H2,1H3. The van der Waals surface area contributed by atoms with Crippen LogP contribution in [0.1, 0.15) is 34.6 Å². The second-order valence-electron chi connectivity index (χ2n) is 6.22. The summed E-state index contributed by atoms with van der Waals surface area (Å²) in [6.45, 7) is 3.73. The molecule has 0 N–H and O–H groups in total. The summed E-state index contributed by atoms with van der Waals surface area (Å²) in [5, 5.41) is -0.0557. The molecule has 180 valence electrons. The maximum atomic E-state index is 13.3. The van der Waals surface area contributed by atoms with Crippen molar-refractivity contribution < 1.29 is 32.6 Å². The van der Waals surface area contributed by atoms with Crippen LogP contribution in [-0.2, 0) is 9.47 Å². The minimum Gasteiger partial charge on any atom is -0.462 e. The van der Waals surface area contributed by atoms with E-state index in [-0.39, 0.29) is 35.4 Å². The third kappa shape index (κ3) is 7.96. The van der Waals surface area contributed by atoms with Crippen molar-refractivity contribution in [2.75, 3.05) is 19.5 Å². The molecular weight excluding hydrogens is 490 g/mol. The summed E-state index contributed by atoms with van der Waals surface area (Å²) in [7, 11) is 0. The van der Waals surface area contributed by atoms with Crippen LogP contribution >= 0.6 is 23.4 Å². The predicted molar refractivity (Wildman–Crippen MR) is 124 cm³/mol. The van der Waals surface area contributed by atoms with Crippen molar-refractivity contribution >= 4 is 35.3 Å². The third-order valence-corrected chi connectivity index (χ3v) is 4.90. The van der Waals surface area contributed by atoms with Gasteiger partial charge in [-0.1, -0.05) is 17.7 Å². The Balaban J connectivity index is 0.000000270. The van der Waals surface area contributed by atoms with Crippen LogP contribution in [0.5, 0.6) is 11.6 Å². The summed E-state index contributed by atoms with van der Waals surface area (Å²) < 4.78 is 41.0. The molecular formula is C23H21ClF2N2O5S. The Morgan fingerprint density at radius 1 is 0.941 bits per heavy atom. The van der Waals surface area contributed by atoms with E-state index in [0.717, 1.165) is 29.4 Å². The van der Waals surface area contributed by atoms with Gasteiger partial charge in [0.05, 0.1) is 31.2 Å². The number of rotatable bonds is 7. The number of carbonyl (C=O) groups is 2. The minimum absolute atomic E-state index is 0.0214. The van der Waals surface area contributed by atoms with Crippen LogP contribution in [0.3, 0.4) is 0 Å². The minimum atomic E-state index is -0.667. The van der Waals surface area contributed by atoms with E-state index in [9.17, 15) is 18.4 Å². The molecule has 2 heterocycles. The van der Waals surface area contributed by atoms with Crippen molar-refractivity contribution in [1.82, 2.24) is 9.97 Å². The van der Waals surface area contributed by atoms with Crippen LogP contribution < -0.4 is 4.74 Å². The molecule has 0 aliphatic carbocycles. The normalized spacial score (nSPS) is 10.1. The summed E-state index contributed by atoms with van der Waals surface area (Å²) in [5.41, 5.74) is -0.0880. The van der Waals surface area contributed by atoms with Crippen molar-refractivity contribution in [1.29, 1.82) is 0 Å². The van der Waals surface area contributed by atoms with Crippen molar-refractivity contribution in [3.8, 4) is 11.6 Å². The molecule has 0 aliphatic rings. The first-order chi connectivity index (χ1) is 16.3. The van der Waals surface area contributed by atoms with Crippen LogP contribution in [-0.4, -0.2) is 41.4 Å². The molecule has 34 heavy (non-hydrogen) atoms. The summed E-state index contributed by atoms with van der Waals surface area (Å²) >= 11 is 7.11. The van der Waals surface area contributed by atoms with Crippen LogP contribution in [0.2, 0.25) is 5.15 Å². The first-order valence-electron chi connectivity index (χ1n) is 9.91. The lowest BCUT2D eigenvalue weighted by atomic mass is 10.2. The molecule has 0 unspecified atom stereocenters. The molecule has 0 saturated carbocycles. The monoisotopic (exact) mass is 510 g/mol. The first kappa shape index (κ1) is 27.0. The van der Waals surface area contributed by atoms with E-state index in [1.54, 1.807) is 31.7 Å². The highest BCUT2D eigenvalue weighted by atomic mass is 35.5. The smallest absolute Gasteiger partial charge is 0.343 e. The van der Waals surface area contributed by atoms with Gasteiger partial charge in [0.15, 0.2) is 0 Å². The van der Waals surface area contributed by atoms with Crippen LogP contribution in [0, 0.1) is 11.6 Å². The van der Waals surface area contributed by atoms with E-state index in [4.69, 9.17) is 21.1 Å². The number of esters is 2. The third-order valence-electron chi connectivity index (χ3n) is 3.87. The molecule has 3 aromatic rings. The van der Waals surface area contributed by atoms with Gasteiger partial charge in [0.1, 0.15) is 28.1 Å². The van der Waals surface area contributed by atoms with Crippen LogP contribution in [0.15, 0.2) is 53.7 Å². The van der Waals surface area contributed by atoms with Crippen LogP contribution in [0.25, 0.3) is 0 Å². The Hall–Kier alpha value is -3.24. The average Bonchev–Trinajstić information content (AvgIpc) is 2.82. The molecule has 0 aliphatic heterocycles. The van der Waals surface area contributed by atoms with Gasteiger partial charge in [-0.15, -0.1) is 11.8 Å². The number of carbonyl (C=O) groups excluding carboxylic acids is 2. The van der Waals surface area contributed by atoms with Gasteiger partial charge in [0.25, 0.3) is 0 Å². The highest BCUT2D eigenvalue weighted by Crippen LogP contribution is 2.27. The Morgan fingerprint density at radius 2 is 1.53 bits per heavy atom. The number of hydrogen-bond donors (Lipinski definition) is 0. The maximum absolute atomic E-state index is 13.3. The molecule has 7 nitrogen and oxygen atoms in total. The summed E-state index contributed by atoms with van der Waals surface area (Å²) in [6.07, 6.45) is 3.88. The molecule has 2 aromatic heterocycles. The zero-order valence-electron chi connectivity index (χ0n) is 18.5. The quantitative estimate of drug-likeness (QED) is 0.218. The fourth-order valence-corrected chi connectivity index (χ4v) is 3.04. The number of aromatic nitrogens is 2. The van der Waals surface area contributed by atoms with E-state index in [1.807, 2.05) is 24.5 Å². The average molecular weight is 511 g/mol. The molecule has 0 fully saturated rings. The topological polar surface area (TPSA) is 87.6 Å². The fourth-order valence-electron chi connectivity index (χ4n) is 2.41. The van der Waals surface area contributed by atoms with Crippen molar-refractivity contribution in [2.24, 2.45) is 0 Å². The Labute approximate surface area is 204 Å². The summed E-state index contributed by atoms with van der Waals surface area (Å²) in [4.78, 5) is 31.2. The zero-order chi connectivity index (χ0) is 25.1. The van der Waals surface area contributed by atoms with E-state index in [0.29, 0.717) is 5.75 Å². The molecule has 3 rings (SSSR count). The van der Waals surface area contributed by atoms with Crippen molar-refractivity contribution in [3.05, 3.63) is 76.7 Å². The van der Waals surface area contributed by atoms with Gasteiger partial charge < -0.3 is 14.2 Å². The molecule has 0 atom stereocenters. The van der Waals surface area contributed by atoms with E-state index in [2.05, 4.69) is 14.7 Å². The lowest BCUT2D eigenvalue weighted by Crippen LogP contribution is -2.08. The van der Waals surface area contributed by atoms with Gasteiger partial charge in [-0.25, -0.2) is 28.3 Å². The number of pyridine rings is 2. The SMILES string of the molecule is CCOC(=O)c1cc(F)cnc1Cl.CCOC(=O)c1cc(F)cnc1Oc1cccc(SC)c1. The number of benzene rings is 1. The van der Waals surface area contributed by atoms with Crippen molar-refractivity contribution in [3.63, 3.8) is 0 Å². The lowest BCUT2D eigenvalue weighted by Gasteiger charge is -2.10. The molecule has 0 saturated heterocycles. The van der Waals surface area contributed by atoms with Crippen LogP contribution in [0.4, 0.5) is 8.78 Å². The molecule has 0 spiro atoms. The van der Waals surface area contributed by atoms with E-state index in [1.165, 1.54) is 0 Å². The number of thioether (sulfide) groups is 1. The van der Waals surface area contributed by atoms with E-state index >= 15 is 0 Å². The first-order valence-corrected chi connectivity index (χ1v) is 11.5. The van der Waals surface area contributed by atoms with Gasteiger partial charge in [-0.3, -0.25) is 0 Å². The summed E-state index contributed by atoms with van der Waals surface area (Å²) in [5.74, 6) is -2.03. The highest BCUT2D eigenvalue weighted by Gasteiger charge is 2.17. The Bertz CT molecular complexity index is 1150.